The summed E-state index contributed by atoms with van der Waals surface area (Å²) in [6.07, 6.45) is 0.586. The lowest BCUT2D eigenvalue weighted by Crippen LogP contribution is -2.54. The molecule has 1 saturated carbocycles. The van der Waals surface area contributed by atoms with Crippen molar-refractivity contribution < 1.29 is 33.7 Å². The zero-order chi connectivity index (χ0) is 31.2. The minimum absolute atomic E-state index is 0.249. The molecule has 1 atom stereocenters. The number of alkyl carbamates (subject to hydrolysis) is 1. The smallest absolute Gasteiger partial charge is 0.408 e. The Bertz CT molecular complexity index is 1390. The zero-order valence-electron chi connectivity index (χ0n) is 24.4. The second kappa shape index (κ2) is 15.6. The molecule has 0 bridgehead atoms. The summed E-state index contributed by atoms with van der Waals surface area (Å²) in [7, 11) is 0. The minimum atomic E-state index is -0.940. The molecular weight excluding hydrogens is 538 g/mol. The Morgan fingerprint density at radius 2 is 1.38 bits per heavy atom. The number of nitrogens with zero attached hydrogens (tertiary/aromatic N) is 1. The van der Waals surface area contributed by atoms with E-state index >= 15 is 0 Å². The Morgan fingerprint density at radius 1 is 0.905 bits per heavy atom. The fraction of sp³-hybridized carbons (Fsp3) is 0.375. The van der Waals surface area contributed by atoms with Crippen molar-refractivity contribution in [2.45, 2.75) is 64.6 Å². The van der Waals surface area contributed by atoms with Gasteiger partial charge in [-0.15, -0.1) is 11.8 Å². The molecule has 0 aliphatic heterocycles. The molecule has 0 saturated heterocycles. The fourth-order valence-electron chi connectivity index (χ4n) is 3.42. The molecule has 10 heteroatoms. The van der Waals surface area contributed by atoms with E-state index in [0.717, 1.165) is 0 Å². The molecule has 1 aliphatic carbocycles. The number of nitriles is 1. The summed E-state index contributed by atoms with van der Waals surface area (Å²) in [6.45, 7) is 9.34. The van der Waals surface area contributed by atoms with Crippen molar-refractivity contribution in [2.75, 3.05) is 13.2 Å². The van der Waals surface area contributed by atoms with Gasteiger partial charge in [0.05, 0.1) is 17.2 Å². The average molecular weight is 574 g/mol. The Kier molecular flexibility index (Phi) is 12.3. The molecule has 3 N–H and O–H groups in total. The summed E-state index contributed by atoms with van der Waals surface area (Å²) in [5, 5.41) is 23.6. The highest BCUT2D eigenvalue weighted by Crippen LogP contribution is 2.39. The highest BCUT2D eigenvalue weighted by Gasteiger charge is 2.52. The molecule has 2 aromatic rings. The maximum Gasteiger partial charge on any atom is 0.408 e. The first-order valence-corrected chi connectivity index (χ1v) is 13.1. The lowest BCUT2D eigenvalue weighted by Gasteiger charge is -2.26. The fourth-order valence-corrected chi connectivity index (χ4v) is 3.42. The van der Waals surface area contributed by atoms with E-state index in [2.05, 4.69) is 40.4 Å². The normalized spacial score (nSPS) is 13.0. The van der Waals surface area contributed by atoms with Crippen molar-refractivity contribution in [3.05, 3.63) is 59.7 Å². The maximum absolute atomic E-state index is 12.5. The summed E-state index contributed by atoms with van der Waals surface area (Å²) < 4.78 is 15.9. The molecule has 1 fully saturated rings. The second-order valence-electron chi connectivity index (χ2n) is 10.1. The Labute approximate surface area is 246 Å². The number of amides is 2. The zero-order valence-corrected chi connectivity index (χ0v) is 24.4. The molecule has 220 valence electrons. The van der Waals surface area contributed by atoms with Crippen LogP contribution in [0.5, 0.6) is 11.5 Å². The molecule has 10 nitrogen and oxygen atoms in total. The van der Waals surface area contributed by atoms with Gasteiger partial charge in [-0.1, -0.05) is 11.8 Å². The number of hydrogen-bond donors (Lipinski definition) is 3. The number of carbonyl (C=O) groups excluding carboxylic acids is 2. The van der Waals surface area contributed by atoms with Gasteiger partial charge in [-0.25, -0.2) is 9.59 Å². The Morgan fingerprint density at radius 3 is 1.76 bits per heavy atom. The molecule has 42 heavy (non-hydrogen) atoms. The molecule has 2 amide bonds. The van der Waals surface area contributed by atoms with Crippen molar-refractivity contribution in [1.82, 2.24) is 10.6 Å². The first-order chi connectivity index (χ1) is 19.9. The van der Waals surface area contributed by atoms with Crippen LogP contribution in [0.1, 0.15) is 68.2 Å². The number of ether oxygens (including phenoxy) is 3. The number of nitrogens with one attached hydrogen (secondary N) is 2. The van der Waals surface area contributed by atoms with Crippen LogP contribution in [0.25, 0.3) is 0 Å². The van der Waals surface area contributed by atoms with Gasteiger partial charge in [0.15, 0.2) is 0 Å². The van der Waals surface area contributed by atoms with E-state index in [9.17, 15) is 19.6 Å². The first kappa shape index (κ1) is 33.1. The Balaban J connectivity index is 0.000000369. The highest BCUT2D eigenvalue weighted by molar-refractivity contribution is 5.95. The van der Waals surface area contributed by atoms with Crippen LogP contribution in [0.3, 0.4) is 0 Å². The molecule has 2 aromatic carbocycles. The van der Waals surface area contributed by atoms with Crippen LogP contribution < -0.4 is 20.1 Å². The summed E-state index contributed by atoms with van der Waals surface area (Å²) in [4.78, 5) is 35.1. The quantitative estimate of drug-likeness (QED) is 0.370. The number of aromatic carboxylic acids is 1. The molecule has 0 aromatic heterocycles. The molecule has 0 spiro atoms. The Hall–Kier alpha value is -5.14. The number of hydrogen-bond acceptors (Lipinski definition) is 7. The van der Waals surface area contributed by atoms with Crippen LogP contribution in [0.2, 0.25) is 0 Å². The van der Waals surface area contributed by atoms with Crippen LogP contribution in [0.15, 0.2) is 48.5 Å². The molecule has 1 aliphatic rings. The van der Waals surface area contributed by atoms with Crippen molar-refractivity contribution in [1.29, 1.82) is 5.26 Å². The van der Waals surface area contributed by atoms with E-state index in [4.69, 9.17) is 19.3 Å². The van der Waals surface area contributed by atoms with Gasteiger partial charge < -0.3 is 30.0 Å². The van der Waals surface area contributed by atoms with Gasteiger partial charge in [0.2, 0.25) is 0 Å². The predicted molar refractivity (Wildman–Crippen MR) is 156 cm³/mol. The van der Waals surface area contributed by atoms with Gasteiger partial charge in [0.1, 0.15) is 36.4 Å². The summed E-state index contributed by atoms with van der Waals surface area (Å²) in [6, 6.07) is 14.0. The standard InChI is InChI=1S/C21H25N3O4.C11H10O3/c1-5-6-13-27-16-9-7-15(8-10-16)18(25)23-17(14-22)21(11-12-21)24-19(26)28-20(2,3)4;1-2-3-8-14-10-6-4-9(5-7-10)11(12)13/h7-10,17H,11-13H2,1-4H3,(H,23,25)(H,24,26);4-7H,8H2,1H3,(H,12,13). The molecule has 3 rings (SSSR count). The third kappa shape index (κ3) is 11.2. The number of carboxylic acid groups (broad SMARTS) is 1. The van der Waals surface area contributed by atoms with Crippen molar-refractivity contribution in [3.63, 3.8) is 0 Å². The topological polar surface area (TPSA) is 147 Å². The highest BCUT2D eigenvalue weighted by atomic mass is 16.6. The maximum atomic E-state index is 12.5. The van der Waals surface area contributed by atoms with E-state index in [1.165, 1.54) is 12.1 Å². The van der Waals surface area contributed by atoms with E-state index in [1.807, 2.05) is 0 Å². The molecular formula is C32H35N3O7. The van der Waals surface area contributed by atoms with Gasteiger partial charge in [0.25, 0.3) is 5.91 Å². The third-order valence-corrected chi connectivity index (χ3v) is 5.69. The predicted octanol–water partition coefficient (Wildman–Crippen LogP) is 4.55. The largest absolute Gasteiger partial charge is 0.481 e. The number of benzene rings is 2. The summed E-state index contributed by atoms with van der Waals surface area (Å²) in [5.41, 5.74) is -0.798. The third-order valence-electron chi connectivity index (χ3n) is 5.69. The molecule has 0 heterocycles. The van der Waals surface area contributed by atoms with Crippen LogP contribution in [-0.4, -0.2) is 53.5 Å². The van der Waals surface area contributed by atoms with Gasteiger partial charge in [0, 0.05) is 5.56 Å². The van der Waals surface area contributed by atoms with Crippen LogP contribution in [-0.2, 0) is 4.74 Å². The lowest BCUT2D eigenvalue weighted by atomic mass is 10.1. The molecule has 0 radical (unpaired) electrons. The molecule has 1 unspecified atom stereocenters. The van der Waals surface area contributed by atoms with Gasteiger partial charge in [-0.2, -0.15) is 5.26 Å². The van der Waals surface area contributed by atoms with E-state index < -0.39 is 35.2 Å². The van der Waals surface area contributed by atoms with Crippen molar-refractivity contribution in [3.8, 4) is 41.2 Å². The van der Waals surface area contributed by atoms with Crippen LogP contribution >= 0.6 is 0 Å². The van der Waals surface area contributed by atoms with Crippen LogP contribution in [0.4, 0.5) is 4.79 Å². The van der Waals surface area contributed by atoms with Crippen LogP contribution in [0, 0.1) is 35.0 Å². The number of rotatable bonds is 9. The second-order valence-corrected chi connectivity index (χ2v) is 10.1. The first-order valence-electron chi connectivity index (χ1n) is 13.1. The van der Waals surface area contributed by atoms with Crippen molar-refractivity contribution in [2.24, 2.45) is 0 Å². The number of carboxylic acids is 1. The average Bonchev–Trinajstić information content (AvgIpc) is 3.71. The van der Waals surface area contributed by atoms with E-state index in [-0.39, 0.29) is 12.2 Å². The van der Waals surface area contributed by atoms with E-state index in [1.54, 1.807) is 71.0 Å². The lowest BCUT2D eigenvalue weighted by molar-refractivity contribution is 0.0485. The van der Waals surface area contributed by atoms with E-state index in [0.29, 0.717) is 36.5 Å². The van der Waals surface area contributed by atoms with Gasteiger partial charge >= 0.3 is 12.1 Å². The van der Waals surface area contributed by atoms with Gasteiger partial charge in [-0.3, -0.25) is 4.79 Å². The minimum Gasteiger partial charge on any atom is -0.481 e. The van der Waals surface area contributed by atoms with Gasteiger partial charge in [-0.05, 0) is 96.0 Å². The monoisotopic (exact) mass is 573 g/mol. The van der Waals surface area contributed by atoms with Crippen molar-refractivity contribution >= 4 is 18.0 Å². The number of carbonyl (C=O) groups is 3. The summed E-state index contributed by atoms with van der Waals surface area (Å²) >= 11 is 0. The SMILES string of the molecule is CC#CCOc1ccc(C(=O)NC(C#N)C2(NC(=O)OC(C)(C)C)CC2)cc1.CC#CCOc1ccc(C(=O)O)cc1. The summed E-state index contributed by atoms with van der Waals surface area (Å²) in [5.74, 6) is 10.8.